The van der Waals surface area contributed by atoms with Crippen LogP contribution in [0.5, 0.6) is 5.75 Å². The Hall–Kier alpha value is -2.64. The molecule has 0 radical (unpaired) electrons. The summed E-state index contributed by atoms with van der Waals surface area (Å²) in [7, 11) is -2.00. The molecule has 1 N–H and O–H groups in total. The molecule has 0 aromatic heterocycles. The zero-order chi connectivity index (χ0) is 20.7. The van der Waals surface area contributed by atoms with E-state index in [1.165, 1.54) is 22.5 Å². The van der Waals surface area contributed by atoms with Crippen molar-refractivity contribution in [3.8, 4) is 5.75 Å². The van der Waals surface area contributed by atoms with E-state index < -0.39 is 10.0 Å². The minimum Gasteiger partial charge on any atom is -0.494 e. The van der Waals surface area contributed by atoms with Crippen LogP contribution in [0.15, 0.2) is 59.5 Å². The second-order valence-electron chi connectivity index (χ2n) is 6.46. The first-order valence-electron chi connectivity index (χ1n) is 9.04. The number of benzene rings is 2. The molecule has 0 unspecified atom stereocenters. The number of hydrogen-bond acceptors (Lipinski definition) is 4. The van der Waals surface area contributed by atoms with E-state index in [9.17, 15) is 13.2 Å². The van der Waals surface area contributed by atoms with Gasteiger partial charge in [-0.05, 0) is 68.8 Å². The third-order valence-electron chi connectivity index (χ3n) is 4.14. The molecule has 2 aromatic carbocycles. The first kappa shape index (κ1) is 21.7. The Morgan fingerprint density at radius 1 is 1.11 bits per heavy atom. The fourth-order valence-corrected chi connectivity index (χ4v) is 3.72. The Morgan fingerprint density at radius 2 is 1.71 bits per heavy atom. The summed E-state index contributed by atoms with van der Waals surface area (Å²) in [5.74, 6) is 0.478. The molecular weight excluding hydrogens is 376 g/mol. The lowest BCUT2D eigenvalue weighted by atomic mass is 10.2. The van der Waals surface area contributed by atoms with Gasteiger partial charge in [0.2, 0.25) is 15.9 Å². The normalized spacial score (nSPS) is 11.9. The molecule has 2 aromatic rings. The Morgan fingerprint density at radius 3 is 2.25 bits per heavy atom. The highest BCUT2D eigenvalue weighted by Gasteiger charge is 2.22. The summed E-state index contributed by atoms with van der Waals surface area (Å²) >= 11 is 0. The summed E-state index contributed by atoms with van der Waals surface area (Å²) in [5, 5.41) is 2.72. The third-order valence-corrected chi connectivity index (χ3v) is 6.19. The second kappa shape index (κ2) is 9.52. The quantitative estimate of drug-likeness (QED) is 0.682. The zero-order valence-electron chi connectivity index (χ0n) is 16.5. The monoisotopic (exact) mass is 402 g/mol. The molecule has 0 spiro atoms. The van der Waals surface area contributed by atoms with Crippen molar-refractivity contribution in [2.75, 3.05) is 19.0 Å². The number of amides is 1. The van der Waals surface area contributed by atoms with E-state index in [0.29, 0.717) is 12.3 Å². The van der Waals surface area contributed by atoms with Crippen LogP contribution in [0.25, 0.3) is 6.08 Å². The Balaban J connectivity index is 2.00. The van der Waals surface area contributed by atoms with Crippen LogP contribution in [-0.2, 0) is 14.8 Å². The molecule has 0 aliphatic carbocycles. The van der Waals surface area contributed by atoms with Gasteiger partial charge < -0.3 is 10.1 Å². The average Bonchev–Trinajstić information content (AvgIpc) is 2.67. The van der Waals surface area contributed by atoms with Crippen LogP contribution in [-0.4, -0.2) is 38.3 Å². The summed E-state index contributed by atoms with van der Waals surface area (Å²) in [6, 6.07) is 13.4. The molecule has 0 atom stereocenters. The first-order chi connectivity index (χ1) is 13.2. The van der Waals surface area contributed by atoms with Crippen LogP contribution < -0.4 is 10.1 Å². The molecule has 1 amide bonds. The average molecular weight is 403 g/mol. The zero-order valence-corrected chi connectivity index (χ0v) is 17.4. The first-order valence-corrected chi connectivity index (χ1v) is 10.5. The van der Waals surface area contributed by atoms with Gasteiger partial charge in [-0.3, -0.25) is 4.79 Å². The van der Waals surface area contributed by atoms with Crippen LogP contribution in [0, 0.1) is 0 Å². The van der Waals surface area contributed by atoms with Gasteiger partial charge in [0.05, 0.1) is 11.5 Å². The maximum Gasteiger partial charge on any atom is 0.248 e. The minimum absolute atomic E-state index is 0.142. The highest BCUT2D eigenvalue weighted by atomic mass is 32.2. The van der Waals surface area contributed by atoms with E-state index >= 15 is 0 Å². The fourth-order valence-electron chi connectivity index (χ4n) is 2.35. The Kier molecular flexibility index (Phi) is 7.37. The number of carbonyl (C=O) groups excluding carboxylic acids is 1. The van der Waals surface area contributed by atoms with Crippen molar-refractivity contribution in [1.29, 1.82) is 0 Å². The lowest BCUT2D eigenvalue weighted by Crippen LogP contribution is -2.33. The van der Waals surface area contributed by atoms with Crippen LogP contribution in [0.2, 0.25) is 0 Å². The Labute approximate surface area is 166 Å². The molecule has 2 rings (SSSR count). The molecule has 28 heavy (non-hydrogen) atoms. The fraction of sp³-hybridized carbons (Fsp3) is 0.286. The molecule has 0 aliphatic heterocycles. The van der Waals surface area contributed by atoms with Crippen molar-refractivity contribution in [3.05, 3.63) is 60.2 Å². The van der Waals surface area contributed by atoms with E-state index in [4.69, 9.17) is 4.74 Å². The summed E-state index contributed by atoms with van der Waals surface area (Å²) in [6.07, 6.45) is 3.12. The van der Waals surface area contributed by atoms with Crippen molar-refractivity contribution in [2.45, 2.75) is 31.7 Å². The van der Waals surface area contributed by atoms with Gasteiger partial charge in [-0.2, -0.15) is 4.31 Å². The Bertz CT molecular complexity index is 918. The molecule has 7 heteroatoms. The van der Waals surface area contributed by atoms with Crippen LogP contribution >= 0.6 is 0 Å². The van der Waals surface area contributed by atoms with E-state index in [1.54, 1.807) is 25.3 Å². The van der Waals surface area contributed by atoms with E-state index in [0.717, 1.165) is 11.3 Å². The van der Waals surface area contributed by atoms with Gasteiger partial charge in [0, 0.05) is 24.9 Å². The lowest BCUT2D eigenvalue weighted by molar-refractivity contribution is -0.111. The van der Waals surface area contributed by atoms with Gasteiger partial charge in [-0.15, -0.1) is 0 Å². The van der Waals surface area contributed by atoms with Crippen molar-refractivity contribution in [3.63, 3.8) is 0 Å². The van der Waals surface area contributed by atoms with Crippen molar-refractivity contribution in [1.82, 2.24) is 4.31 Å². The van der Waals surface area contributed by atoms with E-state index in [1.807, 2.05) is 45.0 Å². The molecule has 6 nitrogen and oxygen atoms in total. The van der Waals surface area contributed by atoms with Gasteiger partial charge in [0.25, 0.3) is 0 Å². The largest absolute Gasteiger partial charge is 0.494 e. The molecule has 0 aliphatic rings. The number of carbonyl (C=O) groups is 1. The lowest BCUT2D eigenvalue weighted by Gasteiger charge is -2.21. The number of anilines is 1. The van der Waals surface area contributed by atoms with E-state index in [2.05, 4.69) is 5.32 Å². The van der Waals surface area contributed by atoms with Crippen LogP contribution in [0.3, 0.4) is 0 Å². The van der Waals surface area contributed by atoms with Gasteiger partial charge in [0.15, 0.2) is 0 Å². The summed E-state index contributed by atoms with van der Waals surface area (Å²) in [5.41, 5.74) is 1.39. The molecular formula is C21H26N2O4S. The molecule has 0 bridgehead atoms. The molecule has 0 heterocycles. The predicted molar refractivity (Wildman–Crippen MR) is 112 cm³/mol. The summed E-state index contributed by atoms with van der Waals surface area (Å²) in [4.78, 5) is 12.3. The maximum atomic E-state index is 12.4. The van der Waals surface area contributed by atoms with Crippen LogP contribution in [0.4, 0.5) is 5.69 Å². The van der Waals surface area contributed by atoms with Crippen molar-refractivity contribution < 1.29 is 17.9 Å². The van der Waals surface area contributed by atoms with Crippen molar-refractivity contribution >= 4 is 27.7 Å². The summed E-state index contributed by atoms with van der Waals surface area (Å²) in [6.45, 7) is 6.14. The number of nitrogens with one attached hydrogen (secondary N) is 1. The van der Waals surface area contributed by atoms with Gasteiger partial charge >= 0.3 is 0 Å². The van der Waals surface area contributed by atoms with Crippen LogP contribution in [0.1, 0.15) is 26.3 Å². The van der Waals surface area contributed by atoms with Crippen molar-refractivity contribution in [2.24, 2.45) is 0 Å². The third kappa shape index (κ3) is 5.68. The highest BCUT2D eigenvalue weighted by Crippen LogP contribution is 2.19. The molecule has 0 fully saturated rings. The smallest absolute Gasteiger partial charge is 0.248 e. The second-order valence-corrected chi connectivity index (χ2v) is 8.46. The SMILES string of the molecule is CCOc1ccc(/C=C/C(=O)Nc2ccc(S(=O)(=O)N(C)C(C)C)cc2)cc1. The maximum absolute atomic E-state index is 12.4. The number of ether oxygens (including phenoxy) is 1. The standard InChI is InChI=1S/C21H26N2O4S/c1-5-27-19-11-6-17(7-12-19)8-15-21(24)22-18-9-13-20(14-10-18)28(25,26)23(4)16(2)3/h6-16H,5H2,1-4H3,(H,22,24)/b15-8+. The van der Waals surface area contributed by atoms with Gasteiger partial charge in [-0.1, -0.05) is 12.1 Å². The number of rotatable bonds is 8. The van der Waals surface area contributed by atoms with E-state index in [-0.39, 0.29) is 16.8 Å². The molecule has 0 saturated heterocycles. The molecule has 150 valence electrons. The number of hydrogen-bond donors (Lipinski definition) is 1. The number of nitrogens with zero attached hydrogens (tertiary/aromatic N) is 1. The van der Waals surface area contributed by atoms with Gasteiger partial charge in [-0.25, -0.2) is 8.42 Å². The number of sulfonamides is 1. The highest BCUT2D eigenvalue weighted by molar-refractivity contribution is 7.89. The minimum atomic E-state index is -3.54. The predicted octanol–water partition coefficient (Wildman–Crippen LogP) is 3.77. The van der Waals surface area contributed by atoms with Gasteiger partial charge in [0.1, 0.15) is 5.75 Å². The molecule has 0 saturated carbocycles. The topological polar surface area (TPSA) is 75.7 Å². The summed E-state index contributed by atoms with van der Waals surface area (Å²) < 4.78 is 31.6.